The van der Waals surface area contributed by atoms with Crippen LogP contribution in [0.15, 0.2) is 23.1 Å². The molecule has 0 N–H and O–H groups in total. The van der Waals surface area contributed by atoms with Gasteiger partial charge in [0.1, 0.15) is 0 Å². The van der Waals surface area contributed by atoms with Crippen LogP contribution in [0.3, 0.4) is 0 Å². The number of thioether (sulfide) groups is 1. The molecule has 4 heteroatoms. The van der Waals surface area contributed by atoms with Crippen molar-refractivity contribution in [3.63, 3.8) is 0 Å². The van der Waals surface area contributed by atoms with Crippen LogP contribution in [-0.2, 0) is 4.74 Å². The molecule has 0 saturated carbocycles. The number of halogens is 1. The monoisotopic (exact) mass is 253 g/mol. The number of rotatable bonds is 3. The molecule has 16 heavy (non-hydrogen) atoms. The van der Waals surface area contributed by atoms with Crippen molar-refractivity contribution in [2.75, 3.05) is 12.4 Å². The molecule has 0 aliphatic carbocycles. The first-order chi connectivity index (χ1) is 7.79. The van der Waals surface area contributed by atoms with E-state index in [1.807, 2.05) is 6.07 Å². The van der Waals surface area contributed by atoms with Gasteiger partial charge in [0.25, 0.3) is 0 Å². The van der Waals surface area contributed by atoms with E-state index in [0.717, 1.165) is 30.1 Å². The van der Waals surface area contributed by atoms with Crippen LogP contribution in [0, 0.1) is 11.3 Å². The summed E-state index contributed by atoms with van der Waals surface area (Å²) in [6.45, 7) is 0.881. The summed E-state index contributed by atoms with van der Waals surface area (Å²) in [6, 6.07) is 7.48. The third-order valence-electron chi connectivity index (χ3n) is 2.51. The van der Waals surface area contributed by atoms with Crippen molar-refractivity contribution in [1.29, 1.82) is 5.26 Å². The minimum atomic E-state index is 0.358. The molecule has 0 spiro atoms. The molecule has 1 unspecified atom stereocenters. The summed E-state index contributed by atoms with van der Waals surface area (Å²) in [7, 11) is 0. The lowest BCUT2D eigenvalue weighted by atomic mass is 10.2. The first kappa shape index (κ1) is 11.8. The smallest absolute Gasteiger partial charge is 0.0992 e. The summed E-state index contributed by atoms with van der Waals surface area (Å²) in [5, 5.41) is 9.37. The molecule has 2 rings (SSSR count). The Kier molecular flexibility index (Phi) is 4.11. The number of hydrogen-bond acceptors (Lipinski definition) is 3. The van der Waals surface area contributed by atoms with Gasteiger partial charge in [-0.3, -0.25) is 0 Å². The topological polar surface area (TPSA) is 33.0 Å². The van der Waals surface area contributed by atoms with E-state index in [9.17, 15) is 0 Å². The summed E-state index contributed by atoms with van der Waals surface area (Å²) >= 11 is 7.78. The highest BCUT2D eigenvalue weighted by atomic mass is 35.5. The SMILES string of the molecule is N#Cc1ccc(SCC2CCCO2)c(Cl)c1. The van der Waals surface area contributed by atoms with Gasteiger partial charge in [-0.15, -0.1) is 11.8 Å². The van der Waals surface area contributed by atoms with Gasteiger partial charge >= 0.3 is 0 Å². The van der Waals surface area contributed by atoms with Gasteiger partial charge in [-0.1, -0.05) is 11.6 Å². The Bertz CT molecular complexity index is 410. The molecule has 0 amide bonds. The first-order valence-electron chi connectivity index (χ1n) is 5.23. The van der Waals surface area contributed by atoms with Crippen LogP contribution < -0.4 is 0 Å². The highest BCUT2D eigenvalue weighted by molar-refractivity contribution is 7.99. The van der Waals surface area contributed by atoms with Crippen LogP contribution in [0.4, 0.5) is 0 Å². The maximum absolute atomic E-state index is 8.72. The molecular weight excluding hydrogens is 242 g/mol. The van der Waals surface area contributed by atoms with Gasteiger partial charge in [0.05, 0.1) is 22.8 Å². The average molecular weight is 254 g/mol. The molecular formula is C12H12ClNOS. The zero-order chi connectivity index (χ0) is 11.4. The molecule has 84 valence electrons. The summed E-state index contributed by atoms with van der Waals surface area (Å²) in [4.78, 5) is 1.02. The molecule has 0 bridgehead atoms. The van der Waals surface area contributed by atoms with Crippen LogP contribution in [0.25, 0.3) is 0 Å². The van der Waals surface area contributed by atoms with Crippen molar-refractivity contribution in [2.24, 2.45) is 0 Å². The van der Waals surface area contributed by atoms with E-state index in [4.69, 9.17) is 21.6 Å². The highest BCUT2D eigenvalue weighted by Gasteiger charge is 2.16. The summed E-state index contributed by atoms with van der Waals surface area (Å²) in [5.41, 5.74) is 0.603. The van der Waals surface area contributed by atoms with Crippen molar-refractivity contribution in [3.8, 4) is 6.07 Å². The van der Waals surface area contributed by atoms with Crippen molar-refractivity contribution >= 4 is 23.4 Å². The van der Waals surface area contributed by atoms with Gasteiger partial charge in [-0.2, -0.15) is 5.26 Å². The molecule has 1 aromatic rings. The van der Waals surface area contributed by atoms with Gasteiger partial charge in [-0.05, 0) is 31.0 Å². The molecule has 1 aliphatic heterocycles. The van der Waals surface area contributed by atoms with E-state index in [-0.39, 0.29) is 0 Å². The van der Waals surface area contributed by atoms with E-state index in [1.165, 1.54) is 0 Å². The van der Waals surface area contributed by atoms with Crippen LogP contribution in [-0.4, -0.2) is 18.5 Å². The number of nitriles is 1. The Morgan fingerprint density at radius 1 is 1.56 bits per heavy atom. The first-order valence-corrected chi connectivity index (χ1v) is 6.60. The van der Waals surface area contributed by atoms with Gasteiger partial charge in [0, 0.05) is 17.3 Å². The molecule has 1 heterocycles. The van der Waals surface area contributed by atoms with Gasteiger partial charge < -0.3 is 4.74 Å². The van der Waals surface area contributed by atoms with Crippen LogP contribution in [0.1, 0.15) is 18.4 Å². The lowest BCUT2D eigenvalue weighted by Gasteiger charge is -2.09. The minimum absolute atomic E-state index is 0.358. The zero-order valence-corrected chi connectivity index (χ0v) is 10.4. The fourth-order valence-corrected chi connectivity index (χ4v) is 2.98. The number of nitrogens with zero attached hydrogens (tertiary/aromatic N) is 1. The lowest BCUT2D eigenvalue weighted by molar-refractivity contribution is 0.129. The second-order valence-electron chi connectivity index (χ2n) is 3.70. The van der Waals surface area contributed by atoms with Crippen molar-refractivity contribution in [1.82, 2.24) is 0 Å². The van der Waals surface area contributed by atoms with Gasteiger partial charge in [0.2, 0.25) is 0 Å². The molecule has 2 nitrogen and oxygen atoms in total. The third-order valence-corrected chi connectivity index (χ3v) is 4.14. The number of hydrogen-bond donors (Lipinski definition) is 0. The summed E-state index contributed by atoms with van der Waals surface area (Å²) in [5.74, 6) is 0.936. The average Bonchev–Trinajstić information content (AvgIpc) is 2.80. The van der Waals surface area contributed by atoms with Crippen molar-refractivity contribution < 1.29 is 4.74 Å². The zero-order valence-electron chi connectivity index (χ0n) is 8.78. The standard InChI is InChI=1S/C12H12ClNOS/c13-11-6-9(7-14)3-4-12(11)16-8-10-2-1-5-15-10/h3-4,6,10H,1-2,5,8H2. The van der Waals surface area contributed by atoms with Crippen LogP contribution in [0.5, 0.6) is 0 Å². The second kappa shape index (κ2) is 5.58. The van der Waals surface area contributed by atoms with E-state index in [2.05, 4.69) is 6.07 Å². The Labute approximate surface area is 105 Å². The van der Waals surface area contributed by atoms with E-state index in [0.29, 0.717) is 16.7 Å². The normalized spacial score (nSPS) is 19.6. The molecule has 1 atom stereocenters. The van der Waals surface area contributed by atoms with E-state index < -0.39 is 0 Å². The van der Waals surface area contributed by atoms with Crippen LogP contribution in [0.2, 0.25) is 5.02 Å². The molecule has 0 aromatic heterocycles. The van der Waals surface area contributed by atoms with E-state index in [1.54, 1.807) is 23.9 Å². The second-order valence-corrected chi connectivity index (χ2v) is 5.17. The number of ether oxygens (including phenoxy) is 1. The Hall–Kier alpha value is -0.690. The Morgan fingerprint density at radius 2 is 2.44 bits per heavy atom. The predicted molar refractivity (Wildman–Crippen MR) is 65.9 cm³/mol. The fraction of sp³-hybridized carbons (Fsp3) is 0.417. The van der Waals surface area contributed by atoms with E-state index >= 15 is 0 Å². The van der Waals surface area contributed by atoms with Crippen molar-refractivity contribution in [3.05, 3.63) is 28.8 Å². The maximum Gasteiger partial charge on any atom is 0.0992 e. The van der Waals surface area contributed by atoms with Gasteiger partial charge in [-0.25, -0.2) is 0 Å². The molecule has 0 radical (unpaired) electrons. The molecule has 1 saturated heterocycles. The van der Waals surface area contributed by atoms with Crippen molar-refractivity contribution in [2.45, 2.75) is 23.8 Å². The summed E-state index contributed by atoms with van der Waals surface area (Å²) < 4.78 is 5.54. The Morgan fingerprint density at radius 3 is 3.06 bits per heavy atom. The summed E-state index contributed by atoms with van der Waals surface area (Å²) in [6.07, 6.45) is 2.66. The lowest BCUT2D eigenvalue weighted by Crippen LogP contribution is -2.07. The third kappa shape index (κ3) is 2.91. The predicted octanol–water partition coefficient (Wildman–Crippen LogP) is 3.48. The highest BCUT2D eigenvalue weighted by Crippen LogP contribution is 2.30. The quantitative estimate of drug-likeness (QED) is 0.774. The minimum Gasteiger partial charge on any atom is -0.377 e. The Balaban J connectivity index is 1.96. The molecule has 1 fully saturated rings. The fourth-order valence-electron chi connectivity index (χ4n) is 1.65. The van der Waals surface area contributed by atoms with Gasteiger partial charge in [0.15, 0.2) is 0 Å². The molecule has 1 aliphatic rings. The largest absolute Gasteiger partial charge is 0.377 e. The van der Waals surface area contributed by atoms with Crippen LogP contribution >= 0.6 is 23.4 Å². The maximum atomic E-state index is 8.72. The number of benzene rings is 1. The molecule has 1 aromatic carbocycles.